The fraction of sp³-hybridized carbons (Fsp3) is 0.625. The van der Waals surface area contributed by atoms with Gasteiger partial charge in [-0.1, -0.05) is 25.0 Å². The SMILES string of the molecule is O=C1/C=C\C(C2/C=C\C(=O)CCCC2)CCCC1. The zero-order valence-electron chi connectivity index (χ0n) is 10.9. The molecule has 0 saturated carbocycles. The molecule has 0 N–H and O–H groups in total. The van der Waals surface area contributed by atoms with E-state index in [1.807, 2.05) is 0 Å². The lowest BCUT2D eigenvalue weighted by Crippen LogP contribution is -2.15. The number of ketones is 2. The first-order chi connectivity index (χ1) is 8.75. The summed E-state index contributed by atoms with van der Waals surface area (Å²) in [7, 11) is 0. The van der Waals surface area contributed by atoms with Crippen molar-refractivity contribution in [2.75, 3.05) is 0 Å². The van der Waals surface area contributed by atoms with E-state index in [1.165, 1.54) is 0 Å². The Kier molecular flexibility index (Phi) is 4.91. The maximum Gasteiger partial charge on any atom is 0.155 e. The van der Waals surface area contributed by atoms with Gasteiger partial charge in [-0.15, -0.1) is 0 Å². The van der Waals surface area contributed by atoms with Crippen LogP contribution in [0.25, 0.3) is 0 Å². The van der Waals surface area contributed by atoms with Crippen LogP contribution < -0.4 is 0 Å². The van der Waals surface area contributed by atoms with Gasteiger partial charge in [0.15, 0.2) is 11.6 Å². The molecule has 0 aliphatic heterocycles. The van der Waals surface area contributed by atoms with Crippen LogP contribution in [0.5, 0.6) is 0 Å². The molecule has 0 aromatic rings. The Hall–Kier alpha value is -1.18. The zero-order valence-corrected chi connectivity index (χ0v) is 10.9. The van der Waals surface area contributed by atoms with E-state index in [9.17, 15) is 9.59 Å². The summed E-state index contributed by atoms with van der Waals surface area (Å²) in [6.07, 6.45) is 15.6. The quantitative estimate of drug-likeness (QED) is 0.708. The van der Waals surface area contributed by atoms with Crippen LogP contribution in [0.15, 0.2) is 24.3 Å². The van der Waals surface area contributed by atoms with Crippen molar-refractivity contribution in [3.05, 3.63) is 24.3 Å². The lowest BCUT2D eigenvalue weighted by atomic mass is 9.81. The van der Waals surface area contributed by atoms with Gasteiger partial charge >= 0.3 is 0 Å². The van der Waals surface area contributed by atoms with E-state index < -0.39 is 0 Å². The Morgan fingerprint density at radius 3 is 1.61 bits per heavy atom. The van der Waals surface area contributed by atoms with Gasteiger partial charge in [-0.3, -0.25) is 9.59 Å². The van der Waals surface area contributed by atoms with Gasteiger partial charge in [-0.05, 0) is 49.7 Å². The molecule has 98 valence electrons. The topological polar surface area (TPSA) is 34.1 Å². The molecule has 0 aromatic carbocycles. The van der Waals surface area contributed by atoms with E-state index in [2.05, 4.69) is 12.2 Å². The molecular formula is C16H22O2. The van der Waals surface area contributed by atoms with Gasteiger partial charge < -0.3 is 0 Å². The molecule has 2 nitrogen and oxygen atoms in total. The van der Waals surface area contributed by atoms with E-state index >= 15 is 0 Å². The minimum Gasteiger partial charge on any atom is -0.295 e. The fourth-order valence-electron chi connectivity index (χ4n) is 2.89. The van der Waals surface area contributed by atoms with Crippen molar-refractivity contribution in [1.29, 1.82) is 0 Å². The Bertz CT molecular complexity index is 329. The van der Waals surface area contributed by atoms with Crippen LogP contribution >= 0.6 is 0 Å². The zero-order chi connectivity index (χ0) is 12.8. The molecule has 0 fully saturated rings. The Balaban J connectivity index is 2.07. The van der Waals surface area contributed by atoms with Crippen LogP contribution in [-0.4, -0.2) is 11.6 Å². The number of allylic oxidation sites excluding steroid dienone is 4. The third-order valence-corrected chi connectivity index (χ3v) is 4.03. The molecule has 0 bridgehead atoms. The minimum atomic E-state index is 0.255. The highest BCUT2D eigenvalue weighted by molar-refractivity contribution is 5.90. The summed E-state index contributed by atoms with van der Waals surface area (Å²) in [5.41, 5.74) is 0. The monoisotopic (exact) mass is 246 g/mol. The normalized spacial score (nSPS) is 34.0. The van der Waals surface area contributed by atoms with Crippen LogP contribution in [0.1, 0.15) is 51.4 Å². The fourth-order valence-corrected chi connectivity index (χ4v) is 2.89. The molecule has 0 heterocycles. The van der Waals surface area contributed by atoms with Gasteiger partial charge in [-0.2, -0.15) is 0 Å². The molecule has 2 rings (SSSR count). The lowest BCUT2D eigenvalue weighted by Gasteiger charge is -2.24. The smallest absolute Gasteiger partial charge is 0.155 e. The maximum atomic E-state index is 11.5. The van der Waals surface area contributed by atoms with Crippen LogP contribution in [-0.2, 0) is 9.59 Å². The van der Waals surface area contributed by atoms with Crippen molar-refractivity contribution in [2.45, 2.75) is 51.4 Å². The van der Waals surface area contributed by atoms with E-state index in [0.717, 1.165) is 38.5 Å². The summed E-state index contributed by atoms with van der Waals surface area (Å²) < 4.78 is 0. The third kappa shape index (κ3) is 3.94. The largest absolute Gasteiger partial charge is 0.295 e. The standard InChI is InChI=1S/C16H22O2/c17-15-7-3-1-5-13(9-11-15)14-6-2-4-8-16(18)12-10-14/h9-14H,1-8H2/b11-9-,12-10-. The molecule has 0 aromatic heterocycles. The highest BCUT2D eigenvalue weighted by Gasteiger charge is 2.19. The van der Waals surface area contributed by atoms with E-state index in [-0.39, 0.29) is 11.6 Å². The van der Waals surface area contributed by atoms with E-state index in [0.29, 0.717) is 24.7 Å². The predicted molar refractivity (Wildman–Crippen MR) is 72.2 cm³/mol. The van der Waals surface area contributed by atoms with Crippen molar-refractivity contribution in [3.8, 4) is 0 Å². The molecule has 2 atom stereocenters. The van der Waals surface area contributed by atoms with Crippen LogP contribution in [0.4, 0.5) is 0 Å². The Morgan fingerprint density at radius 2 is 1.17 bits per heavy atom. The molecule has 2 aliphatic carbocycles. The van der Waals surface area contributed by atoms with Crippen molar-refractivity contribution < 1.29 is 9.59 Å². The van der Waals surface area contributed by atoms with Crippen LogP contribution in [0, 0.1) is 11.8 Å². The number of hydrogen-bond donors (Lipinski definition) is 0. The molecule has 0 radical (unpaired) electrons. The van der Waals surface area contributed by atoms with Crippen LogP contribution in [0.2, 0.25) is 0 Å². The number of rotatable bonds is 1. The summed E-state index contributed by atoms with van der Waals surface area (Å²) in [6.45, 7) is 0. The predicted octanol–water partition coefficient (Wildman–Crippen LogP) is 3.62. The van der Waals surface area contributed by atoms with Gasteiger partial charge in [0.2, 0.25) is 0 Å². The molecule has 2 unspecified atom stereocenters. The second-order valence-corrected chi connectivity index (χ2v) is 5.47. The van der Waals surface area contributed by atoms with E-state index in [4.69, 9.17) is 0 Å². The third-order valence-electron chi connectivity index (χ3n) is 4.03. The Labute approximate surface area is 109 Å². The average Bonchev–Trinajstić information content (AvgIpc) is 2.31. The first-order valence-corrected chi connectivity index (χ1v) is 7.18. The summed E-state index contributed by atoms with van der Waals surface area (Å²) in [6, 6.07) is 0. The van der Waals surface area contributed by atoms with Crippen molar-refractivity contribution in [1.82, 2.24) is 0 Å². The highest BCUT2D eigenvalue weighted by atomic mass is 16.1. The van der Waals surface area contributed by atoms with Crippen LogP contribution in [0.3, 0.4) is 0 Å². The number of carbonyl (C=O) groups excluding carboxylic acids is 2. The van der Waals surface area contributed by atoms with Gasteiger partial charge in [0, 0.05) is 12.8 Å². The minimum absolute atomic E-state index is 0.255. The number of carbonyl (C=O) groups is 2. The van der Waals surface area contributed by atoms with E-state index in [1.54, 1.807) is 12.2 Å². The summed E-state index contributed by atoms with van der Waals surface area (Å²) >= 11 is 0. The highest BCUT2D eigenvalue weighted by Crippen LogP contribution is 2.29. The second kappa shape index (κ2) is 6.67. The first kappa shape index (κ1) is 13.3. The molecule has 0 spiro atoms. The summed E-state index contributed by atoms with van der Waals surface area (Å²) in [4.78, 5) is 23.0. The molecule has 0 saturated heterocycles. The lowest BCUT2D eigenvalue weighted by molar-refractivity contribution is -0.115. The summed E-state index contributed by atoms with van der Waals surface area (Å²) in [5, 5.41) is 0. The van der Waals surface area contributed by atoms with Gasteiger partial charge in [-0.25, -0.2) is 0 Å². The van der Waals surface area contributed by atoms with Gasteiger partial charge in [0.05, 0.1) is 0 Å². The van der Waals surface area contributed by atoms with Gasteiger partial charge in [0.1, 0.15) is 0 Å². The second-order valence-electron chi connectivity index (χ2n) is 5.47. The van der Waals surface area contributed by atoms with Crippen molar-refractivity contribution in [3.63, 3.8) is 0 Å². The molecule has 2 heteroatoms. The van der Waals surface area contributed by atoms with Gasteiger partial charge in [0.25, 0.3) is 0 Å². The average molecular weight is 246 g/mol. The first-order valence-electron chi connectivity index (χ1n) is 7.18. The molecular weight excluding hydrogens is 224 g/mol. The number of hydrogen-bond acceptors (Lipinski definition) is 2. The molecule has 18 heavy (non-hydrogen) atoms. The van der Waals surface area contributed by atoms with Crippen molar-refractivity contribution in [2.24, 2.45) is 11.8 Å². The molecule has 2 aliphatic rings. The molecule has 0 amide bonds. The van der Waals surface area contributed by atoms with Crippen molar-refractivity contribution >= 4 is 11.6 Å². The maximum absolute atomic E-state index is 11.5. The Morgan fingerprint density at radius 1 is 0.722 bits per heavy atom. The summed E-state index contributed by atoms with van der Waals surface area (Å²) in [5.74, 6) is 1.39.